The molecule has 2 aromatic rings. The van der Waals surface area contributed by atoms with Crippen molar-refractivity contribution >= 4 is 28.8 Å². The number of likely N-dealkylation sites (N-methyl/N-ethyl adjacent to an activating group) is 1. The number of amides is 2. The van der Waals surface area contributed by atoms with E-state index in [2.05, 4.69) is 11.0 Å². The zero-order valence-corrected chi connectivity index (χ0v) is 16.9. The van der Waals surface area contributed by atoms with Crippen molar-refractivity contribution in [2.24, 2.45) is 0 Å². The first-order valence-electron chi connectivity index (χ1n) is 9.29. The van der Waals surface area contributed by atoms with Crippen LogP contribution in [0.25, 0.3) is 0 Å². The summed E-state index contributed by atoms with van der Waals surface area (Å²) in [6.07, 6.45) is 0.883. The molecule has 0 N–H and O–H groups in total. The molecule has 3 heterocycles. The summed E-state index contributed by atoms with van der Waals surface area (Å²) in [7, 11) is 2.01. The topological polar surface area (TPSA) is 43.9 Å². The fourth-order valence-corrected chi connectivity index (χ4v) is 5.00. The van der Waals surface area contributed by atoms with E-state index in [0.29, 0.717) is 19.6 Å². The summed E-state index contributed by atoms with van der Waals surface area (Å²) in [4.78, 5) is 31.6. The van der Waals surface area contributed by atoms with E-state index in [9.17, 15) is 9.59 Å². The maximum Gasteiger partial charge on any atom is 0.253 e. The quantitative estimate of drug-likeness (QED) is 0.801. The highest BCUT2D eigenvalue weighted by Gasteiger charge is 2.48. The average Bonchev–Trinajstić information content (AvgIpc) is 3.28. The van der Waals surface area contributed by atoms with Crippen molar-refractivity contribution in [1.82, 2.24) is 9.80 Å². The number of carbonyl (C=O) groups excluding carboxylic acids is 2. The molecule has 2 amide bonds. The van der Waals surface area contributed by atoms with Crippen LogP contribution in [0.3, 0.4) is 0 Å². The van der Waals surface area contributed by atoms with Crippen LogP contribution in [-0.4, -0.2) is 60.4 Å². The lowest BCUT2D eigenvalue weighted by Gasteiger charge is -2.46. The van der Waals surface area contributed by atoms with E-state index in [-0.39, 0.29) is 17.4 Å². The van der Waals surface area contributed by atoms with Crippen LogP contribution in [-0.2, 0) is 4.79 Å². The Morgan fingerprint density at radius 2 is 1.89 bits per heavy atom. The minimum Gasteiger partial charge on any atom is -0.337 e. The van der Waals surface area contributed by atoms with Crippen LogP contribution in [0, 0.1) is 13.8 Å². The van der Waals surface area contributed by atoms with Crippen LogP contribution < -0.4 is 4.90 Å². The van der Waals surface area contributed by atoms with Gasteiger partial charge in [0.1, 0.15) is 0 Å². The molecule has 5 nitrogen and oxygen atoms in total. The molecular formula is C21H25N3O2S. The fourth-order valence-electron chi connectivity index (χ4n) is 4.36. The smallest absolute Gasteiger partial charge is 0.253 e. The summed E-state index contributed by atoms with van der Waals surface area (Å²) >= 11 is 1.60. The van der Waals surface area contributed by atoms with Crippen LogP contribution in [0.2, 0.25) is 0 Å². The molecule has 142 valence electrons. The molecular weight excluding hydrogens is 358 g/mol. The van der Waals surface area contributed by atoms with Crippen LogP contribution in [0.4, 0.5) is 5.69 Å². The van der Waals surface area contributed by atoms with Gasteiger partial charge in [-0.05, 0) is 50.9 Å². The van der Waals surface area contributed by atoms with Gasteiger partial charge in [0.2, 0.25) is 5.91 Å². The molecule has 0 bridgehead atoms. The first kappa shape index (κ1) is 18.2. The Kier molecular flexibility index (Phi) is 4.56. The first-order valence-corrected chi connectivity index (χ1v) is 10.2. The van der Waals surface area contributed by atoms with Crippen molar-refractivity contribution in [2.75, 3.05) is 38.1 Å². The van der Waals surface area contributed by atoms with Crippen molar-refractivity contribution < 1.29 is 9.59 Å². The molecule has 2 saturated heterocycles. The fraction of sp³-hybridized carbons (Fsp3) is 0.429. The lowest BCUT2D eigenvalue weighted by atomic mass is 9.92. The summed E-state index contributed by atoms with van der Waals surface area (Å²) in [5, 5.41) is 4.02. The number of benzene rings is 1. The number of thiophene rings is 1. The van der Waals surface area contributed by atoms with Gasteiger partial charge in [0.05, 0.1) is 17.8 Å². The van der Waals surface area contributed by atoms with Crippen molar-refractivity contribution in [3.8, 4) is 0 Å². The van der Waals surface area contributed by atoms with Crippen LogP contribution in [0.1, 0.15) is 27.9 Å². The van der Waals surface area contributed by atoms with E-state index in [0.717, 1.165) is 35.3 Å². The summed E-state index contributed by atoms with van der Waals surface area (Å²) in [6, 6.07) is 8.01. The normalized spacial score (nSPS) is 23.4. The van der Waals surface area contributed by atoms with Gasteiger partial charge in [0.25, 0.3) is 5.91 Å². The molecule has 2 aliphatic rings. The molecule has 1 aromatic carbocycles. The van der Waals surface area contributed by atoms with Gasteiger partial charge in [0.15, 0.2) is 0 Å². The maximum atomic E-state index is 13.1. The summed E-state index contributed by atoms with van der Waals surface area (Å²) in [5.41, 5.74) is 3.77. The van der Waals surface area contributed by atoms with Gasteiger partial charge in [0, 0.05) is 30.6 Å². The predicted molar refractivity (Wildman–Crippen MR) is 108 cm³/mol. The number of likely N-dealkylation sites (tertiary alicyclic amines) is 1. The Labute approximate surface area is 164 Å². The standard InChI is InChI=1S/C21H25N3O2S/c1-15-8-16(2)10-17(9-15)20(26)23-6-5-21(13-23)14-24(18-4-7-27-12-18)19(25)11-22(21)3/h4,7-10,12H,5-6,11,13-14H2,1-3H3/t21-/m1/s1. The highest BCUT2D eigenvalue weighted by Crippen LogP contribution is 2.34. The number of anilines is 1. The summed E-state index contributed by atoms with van der Waals surface area (Å²) < 4.78 is 0. The second-order valence-electron chi connectivity index (χ2n) is 7.89. The molecule has 0 radical (unpaired) electrons. The number of piperazine rings is 1. The summed E-state index contributed by atoms with van der Waals surface area (Å²) in [6.45, 7) is 6.45. The molecule has 0 unspecified atom stereocenters. The molecule has 0 saturated carbocycles. The monoisotopic (exact) mass is 383 g/mol. The van der Waals surface area contributed by atoms with E-state index in [1.54, 1.807) is 11.3 Å². The number of carbonyl (C=O) groups is 2. The third-order valence-electron chi connectivity index (χ3n) is 5.84. The average molecular weight is 384 g/mol. The van der Waals surface area contributed by atoms with Crippen LogP contribution in [0.5, 0.6) is 0 Å². The Morgan fingerprint density at radius 3 is 2.56 bits per heavy atom. The lowest BCUT2D eigenvalue weighted by Crippen LogP contribution is -2.64. The largest absolute Gasteiger partial charge is 0.337 e. The second kappa shape index (κ2) is 6.77. The van der Waals surface area contributed by atoms with Crippen molar-refractivity contribution in [2.45, 2.75) is 25.8 Å². The van der Waals surface area contributed by atoms with Gasteiger partial charge in [-0.1, -0.05) is 17.2 Å². The first-order chi connectivity index (χ1) is 12.9. The van der Waals surface area contributed by atoms with Gasteiger partial charge in [-0.3, -0.25) is 14.5 Å². The van der Waals surface area contributed by atoms with Gasteiger partial charge < -0.3 is 9.80 Å². The molecule has 1 spiro atoms. The van der Waals surface area contributed by atoms with Crippen LogP contribution >= 0.6 is 11.3 Å². The molecule has 27 heavy (non-hydrogen) atoms. The predicted octanol–water partition coefficient (Wildman–Crippen LogP) is 2.93. The molecule has 2 fully saturated rings. The molecule has 2 aliphatic heterocycles. The minimum absolute atomic E-state index is 0.0889. The number of aryl methyl sites for hydroxylation is 2. The van der Waals surface area contributed by atoms with E-state index in [4.69, 9.17) is 0 Å². The Hall–Kier alpha value is -2.18. The second-order valence-corrected chi connectivity index (χ2v) is 8.67. The number of rotatable bonds is 2. The Balaban J connectivity index is 1.56. The summed E-state index contributed by atoms with van der Waals surface area (Å²) in [5.74, 6) is 0.215. The zero-order valence-electron chi connectivity index (χ0n) is 16.1. The zero-order chi connectivity index (χ0) is 19.2. The highest BCUT2D eigenvalue weighted by molar-refractivity contribution is 7.08. The van der Waals surface area contributed by atoms with Gasteiger partial charge >= 0.3 is 0 Å². The number of hydrogen-bond donors (Lipinski definition) is 0. The Bertz CT molecular complexity index is 859. The third-order valence-corrected chi connectivity index (χ3v) is 6.51. The van der Waals surface area contributed by atoms with Crippen molar-refractivity contribution in [3.63, 3.8) is 0 Å². The Morgan fingerprint density at radius 1 is 1.15 bits per heavy atom. The molecule has 0 aliphatic carbocycles. The molecule has 6 heteroatoms. The van der Waals surface area contributed by atoms with E-state index in [1.165, 1.54) is 0 Å². The highest BCUT2D eigenvalue weighted by atomic mass is 32.1. The van der Waals surface area contributed by atoms with Gasteiger partial charge in [-0.2, -0.15) is 11.3 Å². The van der Waals surface area contributed by atoms with Crippen molar-refractivity contribution in [3.05, 3.63) is 51.7 Å². The van der Waals surface area contributed by atoms with E-state index in [1.807, 2.05) is 59.7 Å². The number of hydrogen-bond acceptors (Lipinski definition) is 4. The van der Waals surface area contributed by atoms with Crippen molar-refractivity contribution in [1.29, 1.82) is 0 Å². The molecule has 4 rings (SSSR count). The van der Waals surface area contributed by atoms with E-state index < -0.39 is 0 Å². The van der Waals surface area contributed by atoms with Gasteiger partial charge in [-0.15, -0.1) is 0 Å². The van der Waals surface area contributed by atoms with E-state index >= 15 is 0 Å². The minimum atomic E-state index is -0.176. The third kappa shape index (κ3) is 3.28. The number of nitrogens with zero attached hydrogens (tertiary/aromatic N) is 3. The van der Waals surface area contributed by atoms with Gasteiger partial charge in [-0.25, -0.2) is 0 Å². The van der Waals surface area contributed by atoms with Crippen LogP contribution in [0.15, 0.2) is 35.0 Å². The SMILES string of the molecule is Cc1cc(C)cc(C(=O)N2CC[C@@]3(C2)CN(c2ccsc2)C(=O)CN3C)c1. The maximum absolute atomic E-state index is 13.1. The molecule has 1 atom stereocenters. The lowest BCUT2D eigenvalue weighted by molar-refractivity contribution is -0.123. The molecule has 1 aromatic heterocycles.